The number of aryl methyl sites for hydroxylation is 2. The normalized spacial score (nSPS) is 18.8. The molecule has 6 heteroatoms. The average molecular weight is 377 g/mol. The largest absolute Gasteiger partial charge is 0.326 e. The van der Waals surface area contributed by atoms with Crippen molar-refractivity contribution in [3.8, 4) is 0 Å². The molecule has 144 valence electrons. The highest BCUT2D eigenvalue weighted by Crippen LogP contribution is 2.27. The first kappa shape index (κ1) is 18.2. The smallest absolute Gasteiger partial charge is 0.325 e. The van der Waals surface area contributed by atoms with Crippen molar-refractivity contribution in [2.24, 2.45) is 0 Å². The maximum atomic E-state index is 12.8. The van der Waals surface area contributed by atoms with Crippen LogP contribution in [-0.2, 0) is 22.4 Å². The fourth-order valence-electron chi connectivity index (χ4n) is 3.89. The van der Waals surface area contributed by atoms with Crippen LogP contribution in [0.2, 0.25) is 0 Å². The molecule has 2 aliphatic rings. The van der Waals surface area contributed by atoms with Crippen LogP contribution in [0.1, 0.15) is 24.0 Å². The van der Waals surface area contributed by atoms with Crippen molar-refractivity contribution < 1.29 is 14.4 Å². The topological polar surface area (TPSA) is 69.7 Å². The Morgan fingerprint density at radius 3 is 2.61 bits per heavy atom. The van der Waals surface area contributed by atoms with E-state index in [0.29, 0.717) is 19.4 Å². The van der Waals surface area contributed by atoms with Gasteiger partial charge in [-0.3, -0.25) is 14.5 Å². The van der Waals surface area contributed by atoms with Gasteiger partial charge in [0, 0.05) is 12.2 Å². The van der Waals surface area contributed by atoms with Gasteiger partial charge in [-0.1, -0.05) is 48.5 Å². The Labute approximate surface area is 164 Å². The Bertz CT molecular complexity index is 897. The number of imide groups is 1. The summed E-state index contributed by atoms with van der Waals surface area (Å²) in [6.45, 7) is 0.387. The lowest BCUT2D eigenvalue weighted by Crippen LogP contribution is -2.45. The van der Waals surface area contributed by atoms with E-state index in [9.17, 15) is 14.4 Å². The van der Waals surface area contributed by atoms with E-state index in [2.05, 4.69) is 5.32 Å². The second-order valence-corrected chi connectivity index (χ2v) is 7.23. The van der Waals surface area contributed by atoms with E-state index in [1.54, 1.807) is 4.90 Å². The number of fused-ring (bicyclic) bond motifs is 1. The molecule has 0 spiro atoms. The molecule has 1 unspecified atom stereocenters. The Hall–Kier alpha value is -3.15. The summed E-state index contributed by atoms with van der Waals surface area (Å²) < 4.78 is 0. The standard InChI is InChI=1S/C22H23N3O3/c26-20(24-14-6-10-17-9-4-5-11-19(17)24)15-25-21(27)18(23-22(25)28)13-12-16-7-2-1-3-8-16/h1-5,7-9,11,18H,6,10,12-15H2,(H,23,28). The van der Waals surface area contributed by atoms with Crippen molar-refractivity contribution in [3.63, 3.8) is 0 Å². The number of urea groups is 1. The Morgan fingerprint density at radius 2 is 1.79 bits per heavy atom. The third kappa shape index (κ3) is 3.63. The van der Waals surface area contributed by atoms with Crippen molar-refractivity contribution in [1.29, 1.82) is 0 Å². The Kier molecular flexibility index (Phi) is 5.10. The highest BCUT2D eigenvalue weighted by molar-refractivity contribution is 6.08. The SMILES string of the molecule is O=C1NC(CCc2ccccc2)C(=O)N1CC(=O)N1CCCc2ccccc21. The zero-order valence-electron chi connectivity index (χ0n) is 15.6. The lowest BCUT2D eigenvalue weighted by Gasteiger charge is -2.30. The molecule has 0 saturated carbocycles. The number of nitrogens with zero attached hydrogens (tertiary/aromatic N) is 2. The van der Waals surface area contributed by atoms with E-state index in [4.69, 9.17) is 0 Å². The van der Waals surface area contributed by atoms with Gasteiger partial charge in [0.1, 0.15) is 12.6 Å². The molecule has 2 heterocycles. The number of hydrogen-bond acceptors (Lipinski definition) is 3. The first-order chi connectivity index (χ1) is 13.6. The summed E-state index contributed by atoms with van der Waals surface area (Å²) >= 11 is 0. The lowest BCUT2D eigenvalue weighted by molar-refractivity contribution is -0.131. The van der Waals surface area contributed by atoms with Gasteiger partial charge >= 0.3 is 6.03 Å². The van der Waals surface area contributed by atoms with Crippen LogP contribution in [0.3, 0.4) is 0 Å². The van der Waals surface area contributed by atoms with E-state index >= 15 is 0 Å². The van der Waals surface area contributed by atoms with Crippen molar-refractivity contribution in [3.05, 3.63) is 65.7 Å². The number of para-hydroxylation sites is 1. The molecule has 6 nitrogen and oxygen atoms in total. The highest BCUT2D eigenvalue weighted by atomic mass is 16.2. The van der Waals surface area contributed by atoms with Gasteiger partial charge in [-0.25, -0.2) is 4.79 Å². The third-order valence-corrected chi connectivity index (χ3v) is 5.38. The Morgan fingerprint density at radius 1 is 1.04 bits per heavy atom. The molecule has 0 aliphatic carbocycles. The molecule has 4 amide bonds. The molecule has 1 saturated heterocycles. The van der Waals surface area contributed by atoms with E-state index in [1.165, 1.54) is 0 Å². The minimum absolute atomic E-state index is 0.221. The minimum Gasteiger partial charge on any atom is -0.326 e. The van der Waals surface area contributed by atoms with Crippen LogP contribution in [0.4, 0.5) is 10.5 Å². The van der Waals surface area contributed by atoms with Crippen LogP contribution in [0.5, 0.6) is 0 Å². The number of hydrogen-bond donors (Lipinski definition) is 1. The van der Waals surface area contributed by atoms with Crippen molar-refractivity contribution in [1.82, 2.24) is 10.2 Å². The fourth-order valence-corrected chi connectivity index (χ4v) is 3.89. The van der Waals surface area contributed by atoms with Gasteiger partial charge < -0.3 is 10.2 Å². The molecule has 2 aromatic carbocycles. The number of nitrogens with one attached hydrogen (secondary N) is 1. The monoisotopic (exact) mass is 377 g/mol. The molecular weight excluding hydrogens is 354 g/mol. The summed E-state index contributed by atoms with van der Waals surface area (Å²) in [4.78, 5) is 40.6. The molecule has 0 radical (unpaired) electrons. The van der Waals surface area contributed by atoms with Crippen LogP contribution < -0.4 is 10.2 Å². The Balaban J connectivity index is 1.40. The van der Waals surface area contributed by atoms with E-state index < -0.39 is 12.1 Å². The average Bonchev–Trinajstić information content (AvgIpc) is 3.00. The summed E-state index contributed by atoms with van der Waals surface area (Å²) in [5.74, 6) is -0.543. The first-order valence-corrected chi connectivity index (χ1v) is 9.67. The molecule has 1 fully saturated rings. The van der Waals surface area contributed by atoms with Crippen LogP contribution in [0.25, 0.3) is 0 Å². The zero-order chi connectivity index (χ0) is 19.5. The summed E-state index contributed by atoms with van der Waals surface area (Å²) in [6.07, 6.45) is 3.03. The molecule has 4 rings (SSSR count). The number of anilines is 1. The molecule has 1 N–H and O–H groups in total. The summed E-state index contributed by atoms with van der Waals surface area (Å²) in [5.41, 5.74) is 3.12. The second-order valence-electron chi connectivity index (χ2n) is 7.23. The van der Waals surface area contributed by atoms with E-state index in [1.807, 2.05) is 54.6 Å². The van der Waals surface area contributed by atoms with Crippen molar-refractivity contribution in [2.75, 3.05) is 18.0 Å². The first-order valence-electron chi connectivity index (χ1n) is 9.67. The van der Waals surface area contributed by atoms with E-state index in [-0.39, 0.29) is 18.4 Å². The third-order valence-electron chi connectivity index (χ3n) is 5.38. The molecule has 2 aliphatic heterocycles. The maximum Gasteiger partial charge on any atom is 0.325 e. The van der Waals surface area contributed by atoms with Gasteiger partial charge in [-0.05, 0) is 42.9 Å². The second kappa shape index (κ2) is 7.84. The van der Waals surface area contributed by atoms with Gasteiger partial charge in [0.05, 0.1) is 0 Å². The number of benzene rings is 2. The zero-order valence-corrected chi connectivity index (χ0v) is 15.6. The van der Waals surface area contributed by atoms with Crippen LogP contribution in [0, 0.1) is 0 Å². The summed E-state index contributed by atoms with van der Waals surface area (Å²) in [7, 11) is 0. The molecular formula is C22H23N3O3. The fraction of sp³-hybridized carbons (Fsp3) is 0.318. The van der Waals surface area contributed by atoms with E-state index in [0.717, 1.165) is 34.6 Å². The summed E-state index contributed by atoms with van der Waals surface area (Å²) in [5, 5.41) is 2.72. The lowest BCUT2D eigenvalue weighted by atomic mass is 10.0. The predicted molar refractivity (Wildman–Crippen MR) is 106 cm³/mol. The van der Waals surface area contributed by atoms with Gasteiger partial charge in [0.15, 0.2) is 0 Å². The van der Waals surface area contributed by atoms with Crippen LogP contribution in [0.15, 0.2) is 54.6 Å². The minimum atomic E-state index is -0.575. The van der Waals surface area contributed by atoms with Crippen molar-refractivity contribution in [2.45, 2.75) is 31.7 Å². The van der Waals surface area contributed by atoms with Gasteiger partial charge in [0.25, 0.3) is 5.91 Å². The number of amides is 4. The number of carbonyl (C=O) groups excluding carboxylic acids is 3. The summed E-state index contributed by atoms with van der Waals surface area (Å²) in [6, 6.07) is 16.6. The van der Waals surface area contributed by atoms with Crippen LogP contribution in [-0.4, -0.2) is 41.9 Å². The predicted octanol–water partition coefficient (Wildman–Crippen LogP) is 2.52. The molecule has 1 atom stereocenters. The molecule has 0 bridgehead atoms. The van der Waals surface area contributed by atoms with Gasteiger partial charge in [-0.2, -0.15) is 0 Å². The maximum absolute atomic E-state index is 12.8. The molecule has 28 heavy (non-hydrogen) atoms. The highest BCUT2D eigenvalue weighted by Gasteiger charge is 2.39. The van der Waals surface area contributed by atoms with Gasteiger partial charge in [0.2, 0.25) is 5.91 Å². The van der Waals surface area contributed by atoms with Crippen LogP contribution >= 0.6 is 0 Å². The number of carbonyl (C=O) groups is 3. The number of rotatable bonds is 5. The quantitative estimate of drug-likeness (QED) is 0.814. The molecule has 2 aromatic rings. The van der Waals surface area contributed by atoms with Gasteiger partial charge in [-0.15, -0.1) is 0 Å². The molecule has 0 aromatic heterocycles. The van der Waals surface area contributed by atoms with Crippen molar-refractivity contribution >= 4 is 23.5 Å².